The van der Waals surface area contributed by atoms with E-state index in [1.165, 1.54) is 4.63 Å². The van der Waals surface area contributed by atoms with E-state index in [1.807, 2.05) is 42.5 Å². The number of anilines is 1. The first kappa shape index (κ1) is 18.9. The summed E-state index contributed by atoms with van der Waals surface area (Å²) in [4.78, 5) is 24.7. The fraction of sp³-hybridized carbons (Fsp3) is 0.238. The molecule has 31 heavy (non-hydrogen) atoms. The molecule has 5 rings (SSSR count). The van der Waals surface area contributed by atoms with Crippen molar-refractivity contribution in [2.75, 3.05) is 11.9 Å². The molecule has 4 aromatic rings. The minimum absolute atomic E-state index is 0.344. The number of tetrazole rings is 1. The lowest BCUT2D eigenvalue weighted by molar-refractivity contribution is -0.135. The van der Waals surface area contributed by atoms with Gasteiger partial charge >= 0.3 is 0 Å². The first-order valence-electron chi connectivity index (χ1n) is 9.94. The molecule has 1 unspecified atom stereocenters. The zero-order chi connectivity index (χ0) is 21.4. The number of carbonyl (C=O) groups excluding carboxylic acids is 2. The van der Waals surface area contributed by atoms with Crippen molar-refractivity contribution in [3.8, 4) is 0 Å². The zero-order valence-corrected chi connectivity index (χ0v) is 16.5. The van der Waals surface area contributed by atoms with E-state index in [2.05, 4.69) is 31.3 Å². The van der Waals surface area contributed by atoms with Gasteiger partial charge in [0.05, 0.1) is 6.04 Å². The number of primary amides is 1. The van der Waals surface area contributed by atoms with E-state index in [4.69, 9.17) is 5.73 Å². The molecule has 0 spiro atoms. The number of amides is 2. The third-order valence-corrected chi connectivity index (χ3v) is 5.69. The van der Waals surface area contributed by atoms with E-state index < -0.39 is 17.4 Å². The molecule has 0 radical (unpaired) electrons. The largest absolute Gasteiger partial charge is 0.369 e. The Balaban J connectivity index is 1.42. The fourth-order valence-corrected chi connectivity index (χ4v) is 3.63. The van der Waals surface area contributed by atoms with Crippen LogP contribution in [0.2, 0.25) is 0 Å². The monoisotopic (exact) mass is 416 g/mol. The molecule has 156 valence electrons. The van der Waals surface area contributed by atoms with E-state index >= 15 is 0 Å². The number of fused-ring (bicyclic) bond motifs is 2. The van der Waals surface area contributed by atoms with Crippen molar-refractivity contribution >= 4 is 34.1 Å². The molecule has 0 bridgehead atoms. The van der Waals surface area contributed by atoms with Crippen molar-refractivity contribution in [2.45, 2.75) is 18.9 Å². The highest BCUT2D eigenvalue weighted by Gasteiger charge is 2.55. The fourth-order valence-electron chi connectivity index (χ4n) is 3.63. The summed E-state index contributed by atoms with van der Waals surface area (Å²) in [5.74, 6) is -0.374. The maximum absolute atomic E-state index is 12.9. The molecule has 1 aliphatic rings. The van der Waals surface area contributed by atoms with Gasteiger partial charge in [-0.25, -0.2) is 0 Å². The Morgan fingerprint density at radius 1 is 1.10 bits per heavy atom. The van der Waals surface area contributed by atoms with E-state index in [0.29, 0.717) is 30.9 Å². The van der Waals surface area contributed by atoms with Gasteiger partial charge in [0.15, 0.2) is 5.65 Å². The van der Waals surface area contributed by atoms with Gasteiger partial charge in [0.1, 0.15) is 11.2 Å². The number of hydrogen-bond donors (Lipinski definition) is 3. The standard InChI is InChI=1S/C21H20N8O2/c22-19(30)21(9-10-21)20(31)24-16(15-6-5-13-3-1-2-4-14(13)11-15)12-23-17-7-8-18-25-27-28-29(18)26-17/h1-8,11,16H,9-10,12H2,(H2,22,30)(H,23,26)(H,24,31). The van der Waals surface area contributed by atoms with Crippen LogP contribution in [-0.4, -0.2) is 43.6 Å². The number of benzene rings is 2. The topological polar surface area (TPSA) is 140 Å². The second kappa shape index (κ2) is 7.31. The number of carbonyl (C=O) groups is 2. The van der Waals surface area contributed by atoms with Gasteiger partial charge in [0.25, 0.3) is 0 Å². The molecule has 2 aromatic heterocycles. The van der Waals surface area contributed by atoms with E-state index in [1.54, 1.807) is 12.1 Å². The van der Waals surface area contributed by atoms with Gasteiger partial charge in [-0.3, -0.25) is 9.59 Å². The van der Waals surface area contributed by atoms with Gasteiger partial charge < -0.3 is 16.4 Å². The van der Waals surface area contributed by atoms with Crippen molar-refractivity contribution in [1.82, 2.24) is 30.6 Å². The number of nitrogens with two attached hydrogens (primary N) is 1. The van der Waals surface area contributed by atoms with E-state index in [9.17, 15) is 9.59 Å². The minimum atomic E-state index is -1.10. The van der Waals surface area contributed by atoms with Gasteiger partial charge in [0, 0.05) is 6.54 Å². The second-order valence-electron chi connectivity index (χ2n) is 7.70. The first-order valence-corrected chi connectivity index (χ1v) is 9.94. The van der Waals surface area contributed by atoms with Crippen molar-refractivity contribution in [1.29, 1.82) is 0 Å². The summed E-state index contributed by atoms with van der Waals surface area (Å²) >= 11 is 0. The van der Waals surface area contributed by atoms with E-state index in [-0.39, 0.29) is 5.91 Å². The molecule has 2 heterocycles. The van der Waals surface area contributed by atoms with Crippen LogP contribution in [0.3, 0.4) is 0 Å². The van der Waals surface area contributed by atoms with Gasteiger partial charge in [-0.05, 0) is 57.8 Å². The molecule has 0 saturated heterocycles. The third-order valence-electron chi connectivity index (χ3n) is 5.69. The molecular formula is C21H20N8O2. The Morgan fingerprint density at radius 2 is 1.90 bits per heavy atom. The Kier molecular flexibility index (Phi) is 4.46. The number of aromatic nitrogens is 5. The molecule has 2 amide bonds. The van der Waals surface area contributed by atoms with Crippen LogP contribution in [0.15, 0.2) is 54.6 Å². The average molecular weight is 416 g/mol. The molecule has 10 heteroatoms. The first-order chi connectivity index (χ1) is 15.0. The third kappa shape index (κ3) is 3.52. The van der Waals surface area contributed by atoms with Crippen LogP contribution in [0.5, 0.6) is 0 Å². The van der Waals surface area contributed by atoms with Crippen molar-refractivity contribution in [3.05, 3.63) is 60.2 Å². The van der Waals surface area contributed by atoms with Crippen LogP contribution in [0.1, 0.15) is 24.4 Å². The maximum atomic E-state index is 12.9. The van der Waals surface area contributed by atoms with Crippen LogP contribution in [0.4, 0.5) is 5.82 Å². The van der Waals surface area contributed by atoms with Gasteiger partial charge in [-0.1, -0.05) is 36.4 Å². The molecule has 2 aromatic carbocycles. The number of rotatable bonds is 7. The molecule has 10 nitrogen and oxygen atoms in total. The van der Waals surface area contributed by atoms with Crippen molar-refractivity contribution in [3.63, 3.8) is 0 Å². The highest BCUT2D eigenvalue weighted by molar-refractivity contribution is 6.07. The van der Waals surface area contributed by atoms with Gasteiger partial charge in [-0.15, -0.1) is 14.8 Å². The van der Waals surface area contributed by atoms with Crippen LogP contribution in [0, 0.1) is 5.41 Å². The summed E-state index contributed by atoms with van der Waals surface area (Å²) in [6, 6.07) is 17.1. The lowest BCUT2D eigenvalue weighted by atomic mass is 9.99. The number of nitrogens with one attached hydrogen (secondary N) is 2. The highest BCUT2D eigenvalue weighted by atomic mass is 16.2. The molecule has 1 aliphatic carbocycles. The Morgan fingerprint density at radius 3 is 2.68 bits per heavy atom. The summed E-state index contributed by atoms with van der Waals surface area (Å²) < 4.78 is 1.32. The summed E-state index contributed by atoms with van der Waals surface area (Å²) in [6.45, 7) is 0.347. The predicted molar refractivity (Wildman–Crippen MR) is 113 cm³/mol. The lowest BCUT2D eigenvalue weighted by Crippen LogP contribution is -2.43. The summed E-state index contributed by atoms with van der Waals surface area (Å²) in [5.41, 5.74) is 5.82. The number of hydrogen-bond acceptors (Lipinski definition) is 7. The normalized spacial score (nSPS) is 15.5. The minimum Gasteiger partial charge on any atom is -0.369 e. The molecule has 0 aliphatic heterocycles. The zero-order valence-electron chi connectivity index (χ0n) is 16.5. The second-order valence-corrected chi connectivity index (χ2v) is 7.70. The smallest absolute Gasteiger partial charge is 0.236 e. The van der Waals surface area contributed by atoms with Gasteiger partial charge in [-0.2, -0.15) is 0 Å². The summed E-state index contributed by atoms with van der Waals surface area (Å²) in [5, 5.41) is 23.9. The Bertz CT molecular complexity index is 1300. The summed E-state index contributed by atoms with van der Waals surface area (Å²) in [6.07, 6.45) is 0.952. The average Bonchev–Trinajstić information content (AvgIpc) is 3.48. The van der Waals surface area contributed by atoms with Gasteiger partial charge in [0.2, 0.25) is 11.8 Å². The molecular weight excluding hydrogens is 396 g/mol. The van der Waals surface area contributed by atoms with Crippen molar-refractivity contribution in [2.24, 2.45) is 11.1 Å². The molecule has 4 N–H and O–H groups in total. The van der Waals surface area contributed by atoms with Crippen molar-refractivity contribution < 1.29 is 9.59 Å². The quantitative estimate of drug-likeness (QED) is 0.385. The van der Waals surface area contributed by atoms with E-state index in [0.717, 1.165) is 16.3 Å². The molecule has 1 saturated carbocycles. The SMILES string of the molecule is NC(=O)C1(C(=O)NC(CNc2ccc3nnnn3n2)c2ccc3ccccc3c2)CC1. The lowest BCUT2D eigenvalue weighted by Gasteiger charge is -2.23. The Labute approximate surface area is 176 Å². The Hall–Kier alpha value is -4.08. The molecule has 1 atom stereocenters. The molecule has 1 fully saturated rings. The van der Waals surface area contributed by atoms with Crippen LogP contribution in [0.25, 0.3) is 16.4 Å². The number of nitrogens with zero attached hydrogens (tertiary/aromatic N) is 5. The highest BCUT2D eigenvalue weighted by Crippen LogP contribution is 2.46. The maximum Gasteiger partial charge on any atom is 0.236 e. The summed E-state index contributed by atoms with van der Waals surface area (Å²) in [7, 11) is 0. The predicted octanol–water partition coefficient (Wildman–Crippen LogP) is 1.21. The van der Waals surface area contributed by atoms with Crippen LogP contribution in [-0.2, 0) is 9.59 Å². The van der Waals surface area contributed by atoms with Crippen LogP contribution < -0.4 is 16.4 Å². The van der Waals surface area contributed by atoms with Crippen LogP contribution >= 0.6 is 0 Å².